The van der Waals surface area contributed by atoms with Crippen LogP contribution in [0.2, 0.25) is 5.02 Å². The van der Waals surface area contributed by atoms with Gasteiger partial charge < -0.3 is 10.2 Å². The van der Waals surface area contributed by atoms with Crippen LogP contribution < -0.4 is 5.32 Å². The number of likely N-dealkylation sites (tertiary alicyclic amines) is 1. The van der Waals surface area contributed by atoms with E-state index in [1.165, 1.54) is 5.56 Å². The Bertz CT molecular complexity index is 1120. The molecule has 1 atom stereocenters. The number of carbonyl (C=O) groups excluding carboxylic acids is 2. The molecule has 1 aliphatic heterocycles. The number of carbonyl (C=O) groups is 2. The highest BCUT2D eigenvalue weighted by Crippen LogP contribution is 2.29. The van der Waals surface area contributed by atoms with E-state index < -0.39 is 6.04 Å². The maximum Gasteiger partial charge on any atom is 0.245 e. The van der Waals surface area contributed by atoms with Gasteiger partial charge in [-0.3, -0.25) is 9.59 Å². The van der Waals surface area contributed by atoms with Crippen molar-refractivity contribution in [3.05, 3.63) is 95.0 Å². The minimum atomic E-state index is -0.516. The third-order valence-corrected chi connectivity index (χ3v) is 7.07. The number of nitrogens with zero attached hydrogens (tertiary/aromatic N) is 1. The summed E-state index contributed by atoms with van der Waals surface area (Å²) in [6, 6.07) is 25.7. The zero-order valence-corrected chi connectivity index (χ0v) is 21.2. The largest absolute Gasteiger partial charge is 0.344 e. The molecule has 0 unspecified atom stereocenters. The number of benzene rings is 3. The highest BCUT2D eigenvalue weighted by Gasteiger charge is 2.31. The summed E-state index contributed by atoms with van der Waals surface area (Å²) in [6.07, 6.45) is 2.09. The molecule has 3 aromatic rings. The molecule has 1 N–H and O–H groups in total. The summed E-state index contributed by atoms with van der Waals surface area (Å²) in [6.45, 7) is 5.37. The fraction of sp³-hybridized carbons (Fsp3) is 0.355. The van der Waals surface area contributed by atoms with Crippen molar-refractivity contribution < 1.29 is 9.59 Å². The van der Waals surface area contributed by atoms with Gasteiger partial charge in [-0.05, 0) is 59.1 Å². The van der Waals surface area contributed by atoms with Crippen molar-refractivity contribution in [1.29, 1.82) is 0 Å². The number of hydrogen-bond donors (Lipinski definition) is 1. The van der Waals surface area contributed by atoms with E-state index in [-0.39, 0.29) is 31.6 Å². The van der Waals surface area contributed by atoms with Gasteiger partial charge in [0.05, 0.1) is 6.42 Å². The summed E-state index contributed by atoms with van der Waals surface area (Å²) in [4.78, 5) is 28.1. The minimum Gasteiger partial charge on any atom is -0.344 e. The maximum absolute atomic E-state index is 13.3. The van der Waals surface area contributed by atoms with Gasteiger partial charge in [0.25, 0.3) is 0 Å². The zero-order chi connectivity index (χ0) is 24.8. The van der Waals surface area contributed by atoms with Gasteiger partial charge in [-0.2, -0.15) is 0 Å². The fourth-order valence-corrected chi connectivity index (χ4v) is 4.86. The Morgan fingerprint density at radius 2 is 1.47 bits per heavy atom. The molecule has 0 radical (unpaired) electrons. The summed E-state index contributed by atoms with van der Waals surface area (Å²) in [5, 5.41) is 3.75. The number of nitrogens with one attached hydrogen (secondary N) is 1. The second-order valence-electron chi connectivity index (χ2n) is 9.68. The first-order chi connectivity index (χ1) is 16.9. The molecule has 0 aliphatic carbocycles. The third-order valence-electron chi connectivity index (χ3n) is 6.82. The quantitative estimate of drug-likeness (QED) is 0.387. The third kappa shape index (κ3) is 6.98. The molecule has 190 valence electrons. The molecule has 1 heterocycles. The van der Waals surface area contributed by atoms with Crippen LogP contribution in [0.1, 0.15) is 51.2 Å². The van der Waals surface area contributed by atoms with E-state index >= 15 is 0 Å². The lowest BCUT2D eigenvalue weighted by atomic mass is 9.89. The lowest BCUT2D eigenvalue weighted by Gasteiger charge is -2.35. The van der Waals surface area contributed by atoms with Crippen molar-refractivity contribution in [3.8, 4) is 11.1 Å². The normalized spacial score (nSPS) is 14.7. The smallest absolute Gasteiger partial charge is 0.245 e. The molecule has 5 heteroatoms. The van der Waals surface area contributed by atoms with Crippen molar-refractivity contribution >= 4 is 23.4 Å². The second kappa shape index (κ2) is 12.7. The summed E-state index contributed by atoms with van der Waals surface area (Å²) in [5.74, 6) is 0.339. The molecule has 1 fully saturated rings. The highest BCUT2D eigenvalue weighted by atomic mass is 35.5. The number of amides is 2. The Morgan fingerprint density at radius 3 is 2.06 bits per heavy atom. The molecule has 36 heavy (non-hydrogen) atoms. The highest BCUT2D eigenvalue weighted by molar-refractivity contribution is 6.30. The van der Waals surface area contributed by atoms with Crippen molar-refractivity contribution in [2.24, 2.45) is 5.92 Å². The topological polar surface area (TPSA) is 49.4 Å². The average Bonchev–Trinajstić information content (AvgIpc) is 2.88. The first kappa shape index (κ1) is 27.5. The molecule has 4 rings (SSSR count). The summed E-state index contributed by atoms with van der Waals surface area (Å²) < 4.78 is 0. The first-order valence-electron chi connectivity index (χ1n) is 12.4. The molecule has 0 saturated carbocycles. The fourth-order valence-electron chi connectivity index (χ4n) is 4.73. The first-order valence-corrected chi connectivity index (χ1v) is 12.8. The van der Waals surface area contributed by atoms with E-state index in [9.17, 15) is 9.59 Å². The van der Waals surface area contributed by atoms with Crippen molar-refractivity contribution in [3.63, 3.8) is 0 Å². The Balaban J connectivity index is 0.00000361. The maximum atomic E-state index is 13.3. The van der Waals surface area contributed by atoms with Gasteiger partial charge in [0.2, 0.25) is 11.8 Å². The van der Waals surface area contributed by atoms with Crippen molar-refractivity contribution in [2.45, 2.75) is 52.5 Å². The van der Waals surface area contributed by atoms with Gasteiger partial charge in [0, 0.05) is 18.1 Å². The predicted octanol–water partition coefficient (Wildman–Crippen LogP) is 6.73. The molecule has 1 saturated heterocycles. The molecule has 0 aromatic heterocycles. The second-order valence-corrected chi connectivity index (χ2v) is 10.1. The zero-order valence-electron chi connectivity index (χ0n) is 20.4. The van der Waals surface area contributed by atoms with Gasteiger partial charge in [0.1, 0.15) is 6.04 Å². The van der Waals surface area contributed by atoms with Crippen LogP contribution in [-0.2, 0) is 16.0 Å². The van der Waals surface area contributed by atoms with Gasteiger partial charge in [-0.25, -0.2) is 0 Å². The van der Waals surface area contributed by atoms with Crippen molar-refractivity contribution in [1.82, 2.24) is 10.2 Å². The van der Waals surface area contributed by atoms with E-state index in [0.717, 1.165) is 34.6 Å². The van der Waals surface area contributed by atoms with Crippen LogP contribution in [0.5, 0.6) is 0 Å². The average molecular weight is 505 g/mol. The molecular weight excluding hydrogens is 468 g/mol. The molecule has 1 aliphatic rings. The number of piperidine rings is 1. The monoisotopic (exact) mass is 504 g/mol. The Morgan fingerprint density at radius 1 is 0.889 bits per heavy atom. The lowest BCUT2D eigenvalue weighted by molar-refractivity contribution is -0.138. The van der Waals surface area contributed by atoms with Gasteiger partial charge in [0.15, 0.2) is 0 Å². The van der Waals surface area contributed by atoms with E-state index in [4.69, 9.17) is 11.6 Å². The van der Waals surface area contributed by atoms with Crippen LogP contribution in [0.3, 0.4) is 0 Å². The van der Waals surface area contributed by atoms with Gasteiger partial charge in [-0.1, -0.05) is 99.6 Å². The van der Waals surface area contributed by atoms with Crippen LogP contribution in [0, 0.1) is 5.92 Å². The molecule has 2 amide bonds. The Hall–Kier alpha value is -3.11. The summed E-state index contributed by atoms with van der Waals surface area (Å²) in [5.41, 5.74) is 4.47. The number of rotatable bonds is 7. The summed E-state index contributed by atoms with van der Waals surface area (Å²) >= 11 is 6.02. The predicted molar refractivity (Wildman–Crippen MR) is 149 cm³/mol. The molecule has 3 aromatic carbocycles. The van der Waals surface area contributed by atoms with Crippen molar-refractivity contribution in [2.75, 3.05) is 13.1 Å². The SMILES string of the molecule is C.CC(C)[C@@H](NC(=O)Cc1ccc(-c2ccccc2)cc1)C(=O)N1CCC(c2ccc(Cl)cc2)CC1. The van der Waals surface area contributed by atoms with E-state index in [1.807, 2.05) is 73.3 Å². The Labute approximate surface area is 220 Å². The van der Waals surface area contributed by atoms with E-state index in [2.05, 4.69) is 29.6 Å². The molecule has 4 nitrogen and oxygen atoms in total. The summed E-state index contributed by atoms with van der Waals surface area (Å²) in [7, 11) is 0. The van der Waals surface area contributed by atoms with Crippen LogP contribution in [-0.4, -0.2) is 35.8 Å². The van der Waals surface area contributed by atoms with E-state index in [0.29, 0.717) is 19.0 Å². The van der Waals surface area contributed by atoms with Crippen LogP contribution in [0.25, 0.3) is 11.1 Å². The molecular formula is C31H37ClN2O2. The minimum absolute atomic E-state index is 0. The van der Waals surface area contributed by atoms with Crippen LogP contribution in [0.4, 0.5) is 0 Å². The van der Waals surface area contributed by atoms with Gasteiger partial charge in [-0.15, -0.1) is 0 Å². The Kier molecular flexibility index (Phi) is 9.72. The lowest BCUT2D eigenvalue weighted by Crippen LogP contribution is -2.53. The molecule has 0 bridgehead atoms. The van der Waals surface area contributed by atoms with Crippen LogP contribution >= 0.6 is 11.6 Å². The number of hydrogen-bond acceptors (Lipinski definition) is 2. The number of halogens is 1. The standard InChI is InChI=1S/C30H33ClN2O2.CH4/c1-21(2)29(30(35)33-18-16-26(17-19-33)25-12-14-27(31)15-13-25)32-28(34)20-22-8-10-24(11-9-22)23-6-4-3-5-7-23;/h3-15,21,26,29H,16-20H2,1-2H3,(H,32,34);1H4/t29-;/m1./s1. The molecule has 0 spiro atoms. The van der Waals surface area contributed by atoms with E-state index in [1.54, 1.807) is 0 Å². The van der Waals surface area contributed by atoms with Crippen LogP contribution in [0.15, 0.2) is 78.9 Å². The van der Waals surface area contributed by atoms with Gasteiger partial charge >= 0.3 is 0 Å².